The third kappa shape index (κ3) is 2.85. The minimum absolute atomic E-state index is 0.497. The van der Waals surface area contributed by atoms with E-state index in [1.807, 2.05) is 11.8 Å². The number of fused-ring (bicyclic) bond motifs is 1. The highest BCUT2D eigenvalue weighted by atomic mass is 32.2. The minimum atomic E-state index is 0.497. The fourth-order valence-corrected chi connectivity index (χ4v) is 3.72. The average Bonchev–Trinajstić information content (AvgIpc) is 2.46. The number of aryl methyl sites for hydroxylation is 1. The molecule has 0 fully saturated rings. The summed E-state index contributed by atoms with van der Waals surface area (Å²) in [6.07, 6.45) is 1.22. The van der Waals surface area contributed by atoms with Crippen LogP contribution in [0.4, 0.5) is 0 Å². The Morgan fingerprint density at radius 2 is 1.89 bits per heavy atom. The van der Waals surface area contributed by atoms with E-state index in [0.29, 0.717) is 6.04 Å². The summed E-state index contributed by atoms with van der Waals surface area (Å²) < 4.78 is 0. The van der Waals surface area contributed by atoms with E-state index < -0.39 is 0 Å². The van der Waals surface area contributed by atoms with Crippen LogP contribution in [0.5, 0.6) is 0 Å². The van der Waals surface area contributed by atoms with Gasteiger partial charge in [0, 0.05) is 17.5 Å². The predicted molar refractivity (Wildman–Crippen MR) is 82.5 cm³/mol. The van der Waals surface area contributed by atoms with Gasteiger partial charge in [0.1, 0.15) is 0 Å². The quantitative estimate of drug-likeness (QED) is 0.890. The Morgan fingerprint density at radius 1 is 1.11 bits per heavy atom. The van der Waals surface area contributed by atoms with E-state index in [1.165, 1.54) is 33.8 Å². The zero-order valence-corrected chi connectivity index (χ0v) is 12.0. The van der Waals surface area contributed by atoms with E-state index in [-0.39, 0.29) is 0 Å². The molecule has 0 radical (unpaired) electrons. The Morgan fingerprint density at radius 3 is 2.79 bits per heavy atom. The Kier molecular flexibility index (Phi) is 3.90. The smallest absolute Gasteiger partial charge is 0.0342 e. The summed E-state index contributed by atoms with van der Waals surface area (Å²) in [5.41, 5.74) is 4.24. The van der Waals surface area contributed by atoms with Gasteiger partial charge in [0.25, 0.3) is 0 Å². The second-order valence-corrected chi connectivity index (χ2v) is 6.17. The maximum atomic E-state index is 3.72. The molecule has 1 unspecified atom stereocenters. The summed E-state index contributed by atoms with van der Waals surface area (Å²) in [5.74, 6) is 1.21. The normalized spacial score (nSPS) is 18.1. The molecule has 0 spiro atoms. The molecule has 0 saturated carbocycles. The number of benzene rings is 2. The molecule has 2 aromatic rings. The zero-order valence-electron chi connectivity index (χ0n) is 11.2. The standard InChI is InChI=1S/C17H19NS/c1-13-6-2-3-7-14(13)12-18-16-10-11-19-17-9-5-4-8-15(16)17/h2-9,16,18H,10-12H2,1H3. The highest BCUT2D eigenvalue weighted by Gasteiger charge is 2.19. The lowest BCUT2D eigenvalue weighted by molar-refractivity contribution is 0.509. The molecule has 0 aliphatic carbocycles. The van der Waals surface area contributed by atoms with E-state index in [9.17, 15) is 0 Å². The van der Waals surface area contributed by atoms with Gasteiger partial charge in [-0.2, -0.15) is 0 Å². The van der Waals surface area contributed by atoms with Crippen LogP contribution in [0.15, 0.2) is 53.4 Å². The van der Waals surface area contributed by atoms with Crippen LogP contribution in [-0.4, -0.2) is 5.75 Å². The van der Waals surface area contributed by atoms with Gasteiger partial charge >= 0.3 is 0 Å². The summed E-state index contributed by atoms with van der Waals surface area (Å²) >= 11 is 1.98. The summed E-state index contributed by atoms with van der Waals surface area (Å²) in [4.78, 5) is 1.44. The highest BCUT2D eigenvalue weighted by molar-refractivity contribution is 7.99. The molecule has 1 nitrogen and oxygen atoms in total. The van der Waals surface area contributed by atoms with Crippen LogP contribution in [-0.2, 0) is 6.54 Å². The van der Waals surface area contributed by atoms with Gasteiger partial charge in [-0.3, -0.25) is 0 Å². The fraction of sp³-hybridized carbons (Fsp3) is 0.294. The molecular formula is C17H19NS. The minimum Gasteiger partial charge on any atom is -0.306 e. The monoisotopic (exact) mass is 269 g/mol. The van der Waals surface area contributed by atoms with Crippen LogP contribution in [0.25, 0.3) is 0 Å². The van der Waals surface area contributed by atoms with Gasteiger partial charge in [0.05, 0.1) is 0 Å². The molecule has 0 aromatic heterocycles. The summed E-state index contributed by atoms with van der Waals surface area (Å²) in [6.45, 7) is 3.14. The lowest BCUT2D eigenvalue weighted by Gasteiger charge is -2.26. The van der Waals surface area contributed by atoms with E-state index in [2.05, 4.69) is 60.8 Å². The first kappa shape index (κ1) is 12.8. The number of thioether (sulfide) groups is 1. The molecule has 98 valence electrons. The maximum absolute atomic E-state index is 3.72. The number of rotatable bonds is 3. The molecule has 0 bridgehead atoms. The first-order chi connectivity index (χ1) is 9.34. The van der Waals surface area contributed by atoms with Crippen molar-refractivity contribution in [2.75, 3.05) is 5.75 Å². The first-order valence-corrected chi connectivity index (χ1v) is 7.83. The SMILES string of the molecule is Cc1ccccc1CNC1CCSc2ccccc21. The lowest BCUT2D eigenvalue weighted by Crippen LogP contribution is -2.24. The Labute approximate surface area is 119 Å². The van der Waals surface area contributed by atoms with E-state index in [4.69, 9.17) is 0 Å². The number of nitrogens with one attached hydrogen (secondary N) is 1. The number of hydrogen-bond acceptors (Lipinski definition) is 2. The molecule has 0 saturated heterocycles. The van der Waals surface area contributed by atoms with Crippen molar-refractivity contribution in [1.29, 1.82) is 0 Å². The van der Waals surface area contributed by atoms with Crippen molar-refractivity contribution in [2.24, 2.45) is 0 Å². The van der Waals surface area contributed by atoms with Crippen molar-refractivity contribution in [2.45, 2.75) is 30.8 Å². The van der Waals surface area contributed by atoms with Crippen molar-refractivity contribution >= 4 is 11.8 Å². The summed E-state index contributed by atoms with van der Waals surface area (Å²) in [5, 5.41) is 3.72. The molecular weight excluding hydrogens is 250 g/mol. The Bertz CT molecular complexity index is 565. The van der Waals surface area contributed by atoms with Gasteiger partial charge in [0.15, 0.2) is 0 Å². The molecule has 2 aromatic carbocycles. The van der Waals surface area contributed by atoms with Crippen molar-refractivity contribution < 1.29 is 0 Å². The average molecular weight is 269 g/mol. The first-order valence-electron chi connectivity index (χ1n) is 6.84. The van der Waals surface area contributed by atoms with Gasteiger partial charge in [-0.25, -0.2) is 0 Å². The fourth-order valence-electron chi connectivity index (χ4n) is 2.60. The molecule has 19 heavy (non-hydrogen) atoms. The largest absolute Gasteiger partial charge is 0.306 e. The van der Waals surface area contributed by atoms with Gasteiger partial charge < -0.3 is 5.32 Å². The summed E-state index contributed by atoms with van der Waals surface area (Å²) in [7, 11) is 0. The van der Waals surface area contributed by atoms with Crippen LogP contribution in [0.2, 0.25) is 0 Å². The maximum Gasteiger partial charge on any atom is 0.0342 e. The molecule has 2 heteroatoms. The van der Waals surface area contributed by atoms with E-state index >= 15 is 0 Å². The van der Waals surface area contributed by atoms with Crippen LogP contribution in [0, 0.1) is 6.92 Å². The predicted octanol–water partition coefficient (Wildman–Crippen LogP) is 4.32. The molecule has 1 aliphatic heterocycles. The number of hydrogen-bond donors (Lipinski definition) is 1. The molecule has 1 aliphatic rings. The Balaban J connectivity index is 1.73. The van der Waals surface area contributed by atoms with Crippen molar-refractivity contribution in [3.05, 3.63) is 65.2 Å². The summed E-state index contributed by atoms with van der Waals surface area (Å²) in [6, 6.07) is 17.9. The van der Waals surface area contributed by atoms with E-state index in [1.54, 1.807) is 0 Å². The van der Waals surface area contributed by atoms with Crippen LogP contribution in [0.1, 0.15) is 29.2 Å². The van der Waals surface area contributed by atoms with Crippen molar-refractivity contribution in [3.63, 3.8) is 0 Å². The molecule has 1 heterocycles. The van der Waals surface area contributed by atoms with Crippen molar-refractivity contribution in [1.82, 2.24) is 5.32 Å². The van der Waals surface area contributed by atoms with Crippen LogP contribution < -0.4 is 5.32 Å². The van der Waals surface area contributed by atoms with Gasteiger partial charge in [-0.15, -0.1) is 11.8 Å². The van der Waals surface area contributed by atoms with Crippen LogP contribution in [0.3, 0.4) is 0 Å². The van der Waals surface area contributed by atoms with Gasteiger partial charge in [-0.1, -0.05) is 42.5 Å². The highest BCUT2D eigenvalue weighted by Crippen LogP contribution is 2.35. The molecule has 0 amide bonds. The zero-order chi connectivity index (χ0) is 13.1. The molecule has 1 atom stereocenters. The van der Waals surface area contributed by atoms with Gasteiger partial charge in [0.2, 0.25) is 0 Å². The lowest BCUT2D eigenvalue weighted by atomic mass is 10.0. The third-order valence-electron chi connectivity index (χ3n) is 3.76. The third-order valence-corrected chi connectivity index (χ3v) is 4.88. The van der Waals surface area contributed by atoms with Gasteiger partial charge in [-0.05, 0) is 41.9 Å². The molecule has 3 rings (SSSR count). The van der Waals surface area contributed by atoms with Crippen LogP contribution >= 0.6 is 11.8 Å². The topological polar surface area (TPSA) is 12.0 Å². The van der Waals surface area contributed by atoms with Crippen molar-refractivity contribution in [3.8, 4) is 0 Å². The second-order valence-electron chi connectivity index (χ2n) is 5.03. The second kappa shape index (κ2) is 5.81. The molecule has 1 N–H and O–H groups in total. The van der Waals surface area contributed by atoms with E-state index in [0.717, 1.165) is 6.54 Å². The Hall–Kier alpha value is -1.25.